The predicted octanol–water partition coefficient (Wildman–Crippen LogP) is 2.04. The zero-order valence-electron chi connectivity index (χ0n) is 7.53. The van der Waals surface area contributed by atoms with Crippen molar-refractivity contribution in [1.29, 1.82) is 0 Å². The van der Waals surface area contributed by atoms with Crippen molar-refractivity contribution < 1.29 is 4.79 Å². The minimum atomic E-state index is -0.462. The van der Waals surface area contributed by atoms with E-state index in [4.69, 9.17) is 5.73 Å². The molecule has 68 valence electrons. The van der Waals surface area contributed by atoms with Gasteiger partial charge in [-0.3, -0.25) is 4.79 Å². The molecule has 2 aromatic carbocycles. The van der Waals surface area contributed by atoms with Gasteiger partial charge in [0.1, 0.15) is 0 Å². The second kappa shape index (κ2) is 2.42. The molecule has 0 saturated heterocycles. The summed E-state index contributed by atoms with van der Waals surface area (Å²) in [6.07, 6.45) is 0. The summed E-state index contributed by atoms with van der Waals surface area (Å²) >= 11 is 0. The molecule has 1 aliphatic carbocycles. The highest BCUT2D eigenvalue weighted by Crippen LogP contribution is 2.35. The Morgan fingerprint density at radius 2 is 1.79 bits per heavy atom. The molecule has 1 aliphatic rings. The third-order valence-corrected chi connectivity index (χ3v) is 2.82. The van der Waals surface area contributed by atoms with E-state index in [-0.39, 0.29) is 5.78 Å². The van der Waals surface area contributed by atoms with Crippen LogP contribution in [0.1, 0.15) is 22.0 Å². The van der Waals surface area contributed by atoms with Crippen molar-refractivity contribution in [3.05, 3.63) is 47.5 Å². The molecule has 0 fully saturated rings. The van der Waals surface area contributed by atoms with E-state index in [0.717, 1.165) is 21.9 Å². The molecule has 0 spiro atoms. The maximum Gasteiger partial charge on any atom is 0.184 e. The second-order valence-electron chi connectivity index (χ2n) is 3.59. The lowest BCUT2D eigenvalue weighted by atomic mass is 10.1. The third kappa shape index (κ3) is 0.763. The number of Topliss-reactive ketones (excluding diaryl/α,β-unsaturated/α-hetero) is 1. The van der Waals surface area contributed by atoms with Crippen molar-refractivity contribution in [3.8, 4) is 0 Å². The van der Waals surface area contributed by atoms with Crippen molar-refractivity contribution >= 4 is 16.6 Å². The lowest BCUT2D eigenvalue weighted by Gasteiger charge is -2.01. The van der Waals surface area contributed by atoms with Crippen molar-refractivity contribution in [2.24, 2.45) is 5.73 Å². The van der Waals surface area contributed by atoms with Crippen LogP contribution >= 0.6 is 0 Å². The van der Waals surface area contributed by atoms with Crippen LogP contribution in [0.4, 0.5) is 0 Å². The monoisotopic (exact) mass is 183 g/mol. The van der Waals surface area contributed by atoms with Gasteiger partial charge in [-0.2, -0.15) is 0 Å². The predicted molar refractivity (Wildman–Crippen MR) is 55.2 cm³/mol. The minimum absolute atomic E-state index is 0.0387. The summed E-state index contributed by atoms with van der Waals surface area (Å²) in [5.74, 6) is 0.0387. The maximum atomic E-state index is 11.8. The molecule has 0 radical (unpaired) electrons. The molecular weight excluding hydrogens is 174 g/mol. The first kappa shape index (κ1) is 7.71. The summed E-state index contributed by atoms with van der Waals surface area (Å²) in [5.41, 5.74) is 7.56. The van der Waals surface area contributed by atoms with Crippen LogP contribution in [-0.2, 0) is 0 Å². The van der Waals surface area contributed by atoms with Gasteiger partial charge < -0.3 is 5.73 Å². The fourth-order valence-electron chi connectivity index (χ4n) is 2.14. The number of ketones is 1. The van der Waals surface area contributed by atoms with E-state index < -0.39 is 6.04 Å². The van der Waals surface area contributed by atoms with Gasteiger partial charge in [0.05, 0.1) is 6.04 Å². The number of nitrogens with two attached hydrogens (primary N) is 1. The van der Waals surface area contributed by atoms with Crippen LogP contribution in [0.5, 0.6) is 0 Å². The summed E-state index contributed by atoms with van der Waals surface area (Å²) in [7, 11) is 0. The molecule has 0 aromatic heterocycles. The Balaban J connectivity index is 2.55. The SMILES string of the molecule is N[C@H]1C(=O)c2cccc3cccc1c23. The van der Waals surface area contributed by atoms with Crippen LogP contribution in [-0.4, -0.2) is 5.78 Å². The van der Waals surface area contributed by atoms with Crippen molar-refractivity contribution in [3.63, 3.8) is 0 Å². The Bertz CT molecular complexity index is 540. The molecule has 0 amide bonds. The smallest absolute Gasteiger partial charge is 0.184 e. The number of hydrogen-bond acceptors (Lipinski definition) is 2. The zero-order chi connectivity index (χ0) is 9.71. The quantitative estimate of drug-likeness (QED) is 0.679. The van der Waals surface area contributed by atoms with Crippen LogP contribution in [0.3, 0.4) is 0 Å². The van der Waals surface area contributed by atoms with E-state index in [1.54, 1.807) is 0 Å². The number of hydrogen-bond donors (Lipinski definition) is 1. The first-order valence-corrected chi connectivity index (χ1v) is 4.60. The molecule has 0 bridgehead atoms. The molecule has 2 heteroatoms. The highest BCUT2D eigenvalue weighted by molar-refractivity contribution is 6.17. The van der Waals surface area contributed by atoms with E-state index in [0.29, 0.717) is 0 Å². The van der Waals surface area contributed by atoms with Gasteiger partial charge in [-0.15, -0.1) is 0 Å². The van der Waals surface area contributed by atoms with E-state index in [1.807, 2.05) is 36.4 Å². The van der Waals surface area contributed by atoms with Gasteiger partial charge in [0, 0.05) is 5.56 Å². The first-order valence-electron chi connectivity index (χ1n) is 4.60. The molecule has 0 aliphatic heterocycles. The molecule has 1 atom stereocenters. The Morgan fingerprint density at radius 1 is 1.07 bits per heavy atom. The molecule has 2 N–H and O–H groups in total. The minimum Gasteiger partial charge on any atom is -0.317 e. The number of benzene rings is 2. The first-order chi connectivity index (χ1) is 6.79. The van der Waals surface area contributed by atoms with Crippen LogP contribution in [0.15, 0.2) is 36.4 Å². The van der Waals surface area contributed by atoms with Crippen molar-refractivity contribution in [1.82, 2.24) is 0 Å². The molecule has 0 saturated carbocycles. The van der Waals surface area contributed by atoms with Crippen LogP contribution < -0.4 is 5.73 Å². The van der Waals surface area contributed by atoms with Crippen molar-refractivity contribution in [2.75, 3.05) is 0 Å². The van der Waals surface area contributed by atoms with Gasteiger partial charge in [0.2, 0.25) is 0 Å². The molecule has 14 heavy (non-hydrogen) atoms. The normalized spacial score (nSPS) is 19.2. The number of rotatable bonds is 0. The Morgan fingerprint density at radius 3 is 2.57 bits per heavy atom. The fourth-order valence-corrected chi connectivity index (χ4v) is 2.14. The van der Waals surface area contributed by atoms with Crippen molar-refractivity contribution in [2.45, 2.75) is 6.04 Å². The van der Waals surface area contributed by atoms with Gasteiger partial charge in [0.15, 0.2) is 5.78 Å². The van der Waals surface area contributed by atoms with Crippen LogP contribution in [0, 0.1) is 0 Å². The maximum absolute atomic E-state index is 11.8. The molecule has 2 aromatic rings. The summed E-state index contributed by atoms with van der Waals surface area (Å²) in [4.78, 5) is 11.8. The molecule has 2 nitrogen and oxygen atoms in total. The fraction of sp³-hybridized carbons (Fsp3) is 0.0833. The topological polar surface area (TPSA) is 43.1 Å². The summed E-state index contributed by atoms with van der Waals surface area (Å²) < 4.78 is 0. The van der Waals surface area contributed by atoms with Gasteiger partial charge in [0.25, 0.3) is 0 Å². The highest BCUT2D eigenvalue weighted by atomic mass is 16.1. The third-order valence-electron chi connectivity index (χ3n) is 2.82. The second-order valence-corrected chi connectivity index (χ2v) is 3.59. The molecule has 3 rings (SSSR count). The zero-order valence-corrected chi connectivity index (χ0v) is 7.53. The number of carbonyl (C=O) groups excluding carboxylic acids is 1. The summed E-state index contributed by atoms with van der Waals surface area (Å²) in [6.45, 7) is 0. The Kier molecular flexibility index (Phi) is 1.33. The molecule has 0 unspecified atom stereocenters. The largest absolute Gasteiger partial charge is 0.317 e. The van der Waals surface area contributed by atoms with Gasteiger partial charge in [-0.1, -0.05) is 36.4 Å². The Hall–Kier alpha value is -1.67. The Labute approximate surface area is 81.3 Å². The van der Waals surface area contributed by atoms with E-state index in [9.17, 15) is 4.79 Å². The highest BCUT2D eigenvalue weighted by Gasteiger charge is 2.28. The standard InChI is InChI=1S/C12H9NO/c13-11-8-5-1-3-7-4-2-6-9(10(7)8)12(11)14/h1-6,11H,13H2/t11-/m1/s1. The lowest BCUT2D eigenvalue weighted by molar-refractivity contribution is 0.0970. The summed E-state index contributed by atoms with van der Waals surface area (Å²) in [5, 5.41) is 2.13. The van der Waals surface area contributed by atoms with E-state index in [1.165, 1.54) is 0 Å². The molecule has 0 heterocycles. The lowest BCUT2D eigenvalue weighted by Crippen LogP contribution is -2.15. The average molecular weight is 183 g/mol. The van der Waals surface area contributed by atoms with Crippen LogP contribution in [0.25, 0.3) is 10.8 Å². The van der Waals surface area contributed by atoms with Gasteiger partial charge in [-0.25, -0.2) is 0 Å². The van der Waals surface area contributed by atoms with E-state index >= 15 is 0 Å². The number of carbonyl (C=O) groups is 1. The average Bonchev–Trinajstić information content (AvgIpc) is 2.47. The van der Waals surface area contributed by atoms with Gasteiger partial charge >= 0.3 is 0 Å². The van der Waals surface area contributed by atoms with E-state index in [2.05, 4.69) is 0 Å². The molecular formula is C12H9NO. The van der Waals surface area contributed by atoms with Crippen LogP contribution in [0.2, 0.25) is 0 Å². The van der Waals surface area contributed by atoms with Gasteiger partial charge in [-0.05, 0) is 16.3 Å². The summed E-state index contributed by atoms with van der Waals surface area (Å²) in [6, 6.07) is 11.2.